The summed E-state index contributed by atoms with van der Waals surface area (Å²) < 4.78 is 56.8. The van der Waals surface area contributed by atoms with Gasteiger partial charge in [0.2, 0.25) is 5.91 Å². The van der Waals surface area contributed by atoms with E-state index in [1.807, 2.05) is 0 Å². The lowest BCUT2D eigenvalue weighted by Crippen LogP contribution is -2.38. The molecule has 3 aromatic rings. The summed E-state index contributed by atoms with van der Waals surface area (Å²) in [4.78, 5) is 12.6. The van der Waals surface area contributed by atoms with E-state index in [-0.39, 0.29) is 16.3 Å². The second kappa shape index (κ2) is 10.2. The van der Waals surface area contributed by atoms with Crippen LogP contribution in [0.5, 0.6) is 17.2 Å². The fraction of sp³-hybridized carbons (Fsp3) is 0.174. The van der Waals surface area contributed by atoms with Crippen molar-refractivity contribution in [1.82, 2.24) is 0 Å². The maximum atomic E-state index is 13.6. The van der Waals surface area contributed by atoms with Gasteiger partial charge in [-0.3, -0.25) is 9.10 Å². The highest BCUT2D eigenvalue weighted by Gasteiger charge is 2.28. The first-order valence-corrected chi connectivity index (χ1v) is 11.2. The molecule has 0 heterocycles. The Hall–Kier alpha value is -3.79. The molecule has 3 rings (SSSR count). The van der Waals surface area contributed by atoms with E-state index in [2.05, 4.69) is 5.32 Å². The highest BCUT2D eigenvalue weighted by atomic mass is 32.2. The van der Waals surface area contributed by atoms with Crippen LogP contribution in [-0.4, -0.2) is 42.2 Å². The molecule has 0 bridgehead atoms. The molecule has 0 unspecified atom stereocenters. The van der Waals surface area contributed by atoms with Crippen molar-refractivity contribution in [3.63, 3.8) is 0 Å². The number of hydrogen-bond donors (Lipinski definition) is 1. The lowest BCUT2D eigenvalue weighted by atomic mass is 10.3. The summed E-state index contributed by atoms with van der Waals surface area (Å²) >= 11 is 0. The Balaban J connectivity index is 1.98. The second-order valence-electron chi connectivity index (χ2n) is 6.78. The van der Waals surface area contributed by atoms with E-state index in [1.54, 1.807) is 12.1 Å². The van der Waals surface area contributed by atoms with Gasteiger partial charge < -0.3 is 19.5 Å². The Kier molecular flexibility index (Phi) is 7.39. The van der Waals surface area contributed by atoms with Crippen LogP contribution in [0.2, 0.25) is 0 Å². The van der Waals surface area contributed by atoms with Crippen LogP contribution in [-0.2, 0) is 14.8 Å². The quantitative estimate of drug-likeness (QED) is 0.509. The standard InChI is InChI=1S/C23H23FN2O6S/c1-30-19-10-8-18(9-11-19)26(15-23(27)25-17-6-4-16(24)5-7-17)33(28,29)20-12-13-21(31-2)22(14-20)32-3/h4-14H,15H2,1-3H3,(H,25,27). The SMILES string of the molecule is COc1ccc(N(CC(=O)Nc2ccc(F)cc2)S(=O)(=O)c2ccc(OC)c(OC)c2)cc1. The number of anilines is 2. The number of methoxy groups -OCH3 is 3. The van der Waals surface area contributed by atoms with Crippen molar-refractivity contribution >= 4 is 27.3 Å². The molecule has 0 fully saturated rings. The number of benzene rings is 3. The van der Waals surface area contributed by atoms with Crippen LogP contribution in [0, 0.1) is 5.82 Å². The Morgan fingerprint density at radius 2 is 1.52 bits per heavy atom. The van der Waals surface area contributed by atoms with Gasteiger partial charge in [-0.2, -0.15) is 0 Å². The number of ether oxygens (including phenoxy) is 3. The lowest BCUT2D eigenvalue weighted by molar-refractivity contribution is -0.114. The molecule has 8 nitrogen and oxygen atoms in total. The molecule has 33 heavy (non-hydrogen) atoms. The maximum absolute atomic E-state index is 13.6. The van der Waals surface area contributed by atoms with Crippen molar-refractivity contribution < 1.29 is 31.8 Å². The van der Waals surface area contributed by atoms with Gasteiger partial charge in [0.1, 0.15) is 18.1 Å². The normalized spacial score (nSPS) is 10.9. The largest absolute Gasteiger partial charge is 0.497 e. The third kappa shape index (κ3) is 5.53. The molecule has 0 saturated heterocycles. The van der Waals surface area contributed by atoms with Gasteiger partial charge in [-0.25, -0.2) is 12.8 Å². The van der Waals surface area contributed by atoms with Crippen LogP contribution in [0.15, 0.2) is 71.6 Å². The Bertz CT molecular complexity index is 1210. The number of hydrogen-bond acceptors (Lipinski definition) is 6. The van der Waals surface area contributed by atoms with E-state index in [9.17, 15) is 17.6 Å². The van der Waals surface area contributed by atoms with Gasteiger partial charge in [-0.1, -0.05) is 0 Å². The molecule has 0 radical (unpaired) electrons. The smallest absolute Gasteiger partial charge is 0.264 e. The fourth-order valence-corrected chi connectivity index (χ4v) is 4.47. The molecule has 0 aliphatic rings. The number of nitrogens with one attached hydrogen (secondary N) is 1. The van der Waals surface area contributed by atoms with Crippen LogP contribution in [0.1, 0.15) is 0 Å². The first-order valence-electron chi connectivity index (χ1n) is 9.72. The fourth-order valence-electron chi connectivity index (χ4n) is 3.03. The van der Waals surface area contributed by atoms with Gasteiger partial charge in [-0.15, -0.1) is 0 Å². The number of sulfonamides is 1. The van der Waals surface area contributed by atoms with Crippen LogP contribution < -0.4 is 23.8 Å². The highest BCUT2D eigenvalue weighted by molar-refractivity contribution is 7.92. The van der Waals surface area contributed by atoms with Crippen LogP contribution in [0.4, 0.5) is 15.8 Å². The van der Waals surface area contributed by atoms with E-state index < -0.39 is 28.3 Å². The van der Waals surface area contributed by atoms with E-state index in [0.717, 1.165) is 4.31 Å². The molecule has 10 heteroatoms. The molecule has 0 atom stereocenters. The minimum absolute atomic E-state index is 0.0921. The first kappa shape index (κ1) is 23.9. The van der Waals surface area contributed by atoms with Gasteiger partial charge in [0.15, 0.2) is 11.5 Å². The number of carbonyl (C=O) groups excluding carboxylic acids is 1. The first-order chi connectivity index (χ1) is 15.8. The topological polar surface area (TPSA) is 94.2 Å². The van der Waals surface area contributed by atoms with Gasteiger partial charge in [0.05, 0.1) is 31.9 Å². The summed E-state index contributed by atoms with van der Waals surface area (Å²) in [6.07, 6.45) is 0. The van der Waals surface area contributed by atoms with E-state index in [0.29, 0.717) is 17.2 Å². The van der Waals surface area contributed by atoms with Gasteiger partial charge >= 0.3 is 0 Å². The summed E-state index contributed by atoms with van der Waals surface area (Å²) in [5, 5.41) is 2.58. The summed E-state index contributed by atoms with van der Waals surface area (Å²) in [5.41, 5.74) is 0.583. The minimum atomic E-state index is -4.19. The molecule has 0 aromatic heterocycles. The van der Waals surface area contributed by atoms with Crippen molar-refractivity contribution in [2.24, 2.45) is 0 Å². The molecule has 0 saturated carbocycles. The van der Waals surface area contributed by atoms with Gasteiger partial charge in [0.25, 0.3) is 10.0 Å². The zero-order valence-corrected chi connectivity index (χ0v) is 19.1. The molecule has 0 spiro atoms. The predicted octanol–water partition coefficient (Wildman–Crippen LogP) is 3.69. The Morgan fingerprint density at radius 1 is 0.879 bits per heavy atom. The zero-order valence-electron chi connectivity index (χ0n) is 18.2. The minimum Gasteiger partial charge on any atom is -0.497 e. The molecule has 1 N–H and O–H groups in total. The number of halogens is 1. The molecular weight excluding hydrogens is 451 g/mol. The number of rotatable bonds is 9. The van der Waals surface area contributed by atoms with E-state index in [4.69, 9.17) is 14.2 Å². The highest BCUT2D eigenvalue weighted by Crippen LogP contribution is 2.32. The lowest BCUT2D eigenvalue weighted by Gasteiger charge is -2.24. The summed E-state index contributed by atoms with van der Waals surface area (Å²) in [7, 11) is 0.135. The van der Waals surface area contributed by atoms with E-state index in [1.165, 1.54) is 75.9 Å². The number of amides is 1. The van der Waals surface area contributed by atoms with Crippen molar-refractivity contribution in [3.8, 4) is 17.2 Å². The monoisotopic (exact) mass is 474 g/mol. The molecule has 0 aliphatic heterocycles. The average molecular weight is 475 g/mol. The molecule has 3 aromatic carbocycles. The van der Waals surface area contributed by atoms with Crippen molar-refractivity contribution in [2.45, 2.75) is 4.90 Å². The van der Waals surface area contributed by atoms with Crippen LogP contribution in [0.3, 0.4) is 0 Å². The van der Waals surface area contributed by atoms with Gasteiger partial charge in [0, 0.05) is 11.8 Å². The summed E-state index contributed by atoms with van der Waals surface area (Å²) in [6.45, 7) is -0.527. The van der Waals surface area contributed by atoms with Crippen molar-refractivity contribution in [2.75, 3.05) is 37.5 Å². The third-order valence-corrected chi connectivity index (χ3v) is 6.49. The van der Waals surface area contributed by atoms with Crippen molar-refractivity contribution in [1.29, 1.82) is 0 Å². The van der Waals surface area contributed by atoms with E-state index >= 15 is 0 Å². The molecule has 0 aliphatic carbocycles. The second-order valence-corrected chi connectivity index (χ2v) is 8.64. The Morgan fingerprint density at radius 3 is 2.09 bits per heavy atom. The van der Waals surface area contributed by atoms with Crippen LogP contribution in [0.25, 0.3) is 0 Å². The maximum Gasteiger partial charge on any atom is 0.264 e. The van der Waals surface area contributed by atoms with Gasteiger partial charge in [-0.05, 0) is 60.7 Å². The summed E-state index contributed by atoms with van der Waals surface area (Å²) in [5.74, 6) is 0.0499. The van der Waals surface area contributed by atoms with Crippen molar-refractivity contribution in [3.05, 3.63) is 72.5 Å². The zero-order chi connectivity index (χ0) is 24.0. The predicted molar refractivity (Wildman–Crippen MR) is 122 cm³/mol. The number of nitrogens with zero attached hydrogens (tertiary/aromatic N) is 1. The third-order valence-electron chi connectivity index (χ3n) is 4.72. The molecular formula is C23H23FN2O6S. The average Bonchev–Trinajstić information content (AvgIpc) is 2.83. The Labute approximate surface area is 191 Å². The molecule has 174 valence electrons. The van der Waals surface area contributed by atoms with Crippen LogP contribution >= 0.6 is 0 Å². The summed E-state index contributed by atoms with van der Waals surface area (Å²) in [6, 6.07) is 15.5. The number of carbonyl (C=O) groups is 1. The molecule has 1 amide bonds.